The van der Waals surface area contributed by atoms with Crippen molar-refractivity contribution in [1.82, 2.24) is 25.3 Å². The largest absolute Gasteiger partial charge is 0.387 e. The highest BCUT2D eigenvalue weighted by atomic mass is 35.5. The maximum Gasteiger partial charge on any atom is 0.273 e. The number of aliphatic hydroxyl groups is 1. The van der Waals surface area contributed by atoms with Crippen molar-refractivity contribution in [2.24, 2.45) is 0 Å². The number of hydrogen-bond acceptors (Lipinski definition) is 5. The summed E-state index contributed by atoms with van der Waals surface area (Å²) in [5, 5.41) is 32.8. The van der Waals surface area contributed by atoms with Gasteiger partial charge in [0.15, 0.2) is 5.69 Å². The number of halogens is 2. The number of rotatable bonds is 6. The standard InChI is InChI=1S/C19H18Cl2N6O2/c1-10(23-19(29)18-16(21)17(11(2)28)24-25-18)9-27-6-5-15(26-27)12-3-4-13(8-22)14(20)7-12/h3-7,10-11,28H,9H2,1-2H3,(H,23,29)(H,24,25)/t10?,11-/m0/s1. The SMILES string of the molecule is CC(Cn1ccc(-c2ccc(C#N)c(Cl)c2)n1)NC(=O)c1n[nH]c([C@H](C)O)c1Cl. The topological polar surface area (TPSA) is 120 Å². The third kappa shape index (κ3) is 4.59. The number of benzene rings is 1. The first-order valence-corrected chi connectivity index (χ1v) is 9.52. The Hall–Kier alpha value is -2.86. The van der Waals surface area contributed by atoms with Crippen molar-refractivity contribution < 1.29 is 9.90 Å². The Bertz CT molecular complexity index is 1080. The van der Waals surface area contributed by atoms with Crippen LogP contribution in [0.4, 0.5) is 0 Å². The van der Waals surface area contributed by atoms with E-state index < -0.39 is 12.0 Å². The van der Waals surface area contributed by atoms with E-state index in [0.717, 1.165) is 5.56 Å². The van der Waals surface area contributed by atoms with Crippen molar-refractivity contribution in [3.8, 4) is 17.3 Å². The van der Waals surface area contributed by atoms with Crippen LogP contribution >= 0.6 is 23.2 Å². The van der Waals surface area contributed by atoms with E-state index in [4.69, 9.17) is 28.5 Å². The molecule has 150 valence electrons. The van der Waals surface area contributed by atoms with Gasteiger partial charge in [-0.1, -0.05) is 29.3 Å². The van der Waals surface area contributed by atoms with Gasteiger partial charge in [-0.05, 0) is 32.0 Å². The summed E-state index contributed by atoms with van der Waals surface area (Å²) in [5.74, 6) is -0.447. The van der Waals surface area contributed by atoms with Crippen molar-refractivity contribution in [2.45, 2.75) is 32.5 Å². The van der Waals surface area contributed by atoms with Crippen LogP contribution in [0.1, 0.15) is 41.7 Å². The molecule has 1 aromatic carbocycles. The number of hydrogen-bond donors (Lipinski definition) is 3. The number of nitriles is 1. The second-order valence-electron chi connectivity index (χ2n) is 6.58. The molecule has 0 fully saturated rings. The number of carbonyl (C=O) groups excluding carboxylic acids is 1. The number of aromatic amines is 1. The van der Waals surface area contributed by atoms with E-state index in [1.54, 1.807) is 29.1 Å². The molecule has 0 saturated heterocycles. The molecule has 3 N–H and O–H groups in total. The molecule has 0 bridgehead atoms. The van der Waals surface area contributed by atoms with Gasteiger partial charge in [0, 0.05) is 17.8 Å². The number of carbonyl (C=O) groups is 1. The first-order valence-electron chi connectivity index (χ1n) is 8.76. The quantitative estimate of drug-likeness (QED) is 0.551. The molecule has 29 heavy (non-hydrogen) atoms. The lowest BCUT2D eigenvalue weighted by molar-refractivity contribution is 0.0931. The maximum atomic E-state index is 12.4. The molecular weight excluding hydrogens is 415 g/mol. The minimum absolute atomic E-state index is 0.0304. The molecule has 1 amide bonds. The fourth-order valence-corrected chi connectivity index (χ4v) is 3.32. The van der Waals surface area contributed by atoms with Crippen LogP contribution in [-0.4, -0.2) is 37.0 Å². The van der Waals surface area contributed by atoms with E-state index in [9.17, 15) is 9.90 Å². The fourth-order valence-electron chi connectivity index (χ4n) is 2.77. The van der Waals surface area contributed by atoms with Crippen molar-refractivity contribution in [3.63, 3.8) is 0 Å². The lowest BCUT2D eigenvalue weighted by Crippen LogP contribution is -2.36. The molecule has 0 radical (unpaired) electrons. The summed E-state index contributed by atoms with van der Waals surface area (Å²) in [7, 11) is 0. The van der Waals surface area contributed by atoms with E-state index >= 15 is 0 Å². The molecule has 0 aliphatic heterocycles. The molecule has 2 atom stereocenters. The average Bonchev–Trinajstić information content (AvgIpc) is 3.28. The number of nitrogens with one attached hydrogen (secondary N) is 2. The molecule has 0 aliphatic rings. The van der Waals surface area contributed by atoms with Crippen molar-refractivity contribution >= 4 is 29.1 Å². The van der Waals surface area contributed by atoms with Gasteiger partial charge in [-0.2, -0.15) is 15.5 Å². The minimum atomic E-state index is -0.854. The number of nitrogens with zero attached hydrogens (tertiary/aromatic N) is 4. The Morgan fingerprint density at radius 2 is 2.14 bits per heavy atom. The van der Waals surface area contributed by atoms with Gasteiger partial charge in [0.25, 0.3) is 5.91 Å². The van der Waals surface area contributed by atoms with Gasteiger partial charge in [0.2, 0.25) is 0 Å². The number of H-pyrrole nitrogens is 1. The van der Waals surface area contributed by atoms with Gasteiger partial charge >= 0.3 is 0 Å². The zero-order valence-electron chi connectivity index (χ0n) is 15.6. The maximum absolute atomic E-state index is 12.4. The Balaban J connectivity index is 1.66. The molecule has 8 nitrogen and oxygen atoms in total. The predicted octanol–water partition coefficient (Wildman–Crippen LogP) is 3.32. The van der Waals surface area contributed by atoms with Gasteiger partial charge in [-0.15, -0.1) is 0 Å². The van der Waals surface area contributed by atoms with Crippen LogP contribution in [0.3, 0.4) is 0 Å². The van der Waals surface area contributed by atoms with E-state index in [1.165, 1.54) is 6.92 Å². The van der Waals surface area contributed by atoms with Crippen molar-refractivity contribution in [1.29, 1.82) is 5.26 Å². The molecule has 1 unspecified atom stereocenters. The fraction of sp³-hybridized carbons (Fsp3) is 0.263. The van der Waals surface area contributed by atoms with Crippen molar-refractivity contribution in [3.05, 3.63) is 57.5 Å². The molecule has 3 aromatic rings. The second kappa shape index (κ2) is 8.66. The first-order chi connectivity index (χ1) is 13.8. The molecule has 10 heteroatoms. The molecule has 3 rings (SSSR count). The molecule has 0 spiro atoms. The normalized spacial score (nSPS) is 13.0. The number of aromatic nitrogens is 4. The van der Waals surface area contributed by atoms with Crippen LogP contribution in [0, 0.1) is 11.3 Å². The average molecular weight is 433 g/mol. The summed E-state index contributed by atoms with van der Waals surface area (Å²) in [6, 6.07) is 8.70. The molecule has 2 heterocycles. The Morgan fingerprint density at radius 3 is 2.76 bits per heavy atom. The minimum Gasteiger partial charge on any atom is -0.387 e. The molecule has 0 aliphatic carbocycles. The predicted molar refractivity (Wildman–Crippen MR) is 109 cm³/mol. The zero-order chi connectivity index (χ0) is 21.1. The monoisotopic (exact) mass is 432 g/mol. The Morgan fingerprint density at radius 1 is 1.38 bits per heavy atom. The van der Waals surface area contributed by atoms with Crippen LogP contribution < -0.4 is 5.32 Å². The lowest BCUT2D eigenvalue weighted by Gasteiger charge is -2.13. The Kier molecular flexibility index (Phi) is 6.23. The number of aliphatic hydroxyl groups excluding tert-OH is 1. The van der Waals surface area contributed by atoms with E-state index in [-0.39, 0.29) is 16.8 Å². The summed E-state index contributed by atoms with van der Waals surface area (Å²) < 4.78 is 1.69. The number of amides is 1. The van der Waals surface area contributed by atoms with E-state index in [1.807, 2.05) is 19.1 Å². The van der Waals surface area contributed by atoms with Gasteiger partial charge in [0.1, 0.15) is 6.07 Å². The van der Waals surface area contributed by atoms with Gasteiger partial charge in [-0.25, -0.2) is 0 Å². The summed E-state index contributed by atoms with van der Waals surface area (Å²) >= 11 is 12.2. The van der Waals surface area contributed by atoms with Crippen LogP contribution in [0.5, 0.6) is 0 Å². The molecular formula is C19H18Cl2N6O2. The van der Waals surface area contributed by atoms with Crippen LogP contribution in [-0.2, 0) is 6.54 Å². The van der Waals surface area contributed by atoms with Gasteiger partial charge in [-0.3, -0.25) is 14.6 Å². The van der Waals surface area contributed by atoms with Crippen molar-refractivity contribution in [2.75, 3.05) is 0 Å². The van der Waals surface area contributed by atoms with E-state index in [0.29, 0.717) is 28.5 Å². The van der Waals surface area contributed by atoms with E-state index in [2.05, 4.69) is 20.6 Å². The highest BCUT2D eigenvalue weighted by molar-refractivity contribution is 6.34. The highest BCUT2D eigenvalue weighted by Gasteiger charge is 2.21. The summed E-state index contributed by atoms with van der Waals surface area (Å²) in [5.41, 5.74) is 2.22. The molecule has 0 saturated carbocycles. The summed E-state index contributed by atoms with van der Waals surface area (Å²) in [4.78, 5) is 12.4. The zero-order valence-corrected chi connectivity index (χ0v) is 17.2. The van der Waals surface area contributed by atoms with Crippen LogP contribution in [0.2, 0.25) is 10.0 Å². The lowest BCUT2D eigenvalue weighted by atomic mass is 10.1. The molecule has 2 aromatic heterocycles. The van der Waals surface area contributed by atoms with Crippen LogP contribution in [0.25, 0.3) is 11.3 Å². The third-order valence-corrected chi connectivity index (χ3v) is 4.93. The summed E-state index contributed by atoms with van der Waals surface area (Å²) in [6.07, 6.45) is 0.934. The van der Waals surface area contributed by atoms with Crippen LogP contribution in [0.15, 0.2) is 30.5 Å². The summed E-state index contributed by atoms with van der Waals surface area (Å²) in [6.45, 7) is 3.77. The second-order valence-corrected chi connectivity index (χ2v) is 7.36. The third-order valence-electron chi connectivity index (χ3n) is 4.23. The smallest absolute Gasteiger partial charge is 0.273 e. The van der Waals surface area contributed by atoms with Gasteiger partial charge in [0.05, 0.1) is 39.6 Å². The highest BCUT2D eigenvalue weighted by Crippen LogP contribution is 2.25. The van der Waals surface area contributed by atoms with Gasteiger partial charge < -0.3 is 10.4 Å². The first kappa shape index (κ1) is 20.9. The Labute approximate surface area is 177 Å².